The van der Waals surface area contributed by atoms with E-state index in [9.17, 15) is 4.79 Å². The highest BCUT2D eigenvalue weighted by Crippen LogP contribution is 2.16. The van der Waals surface area contributed by atoms with E-state index < -0.39 is 0 Å². The third kappa shape index (κ3) is 5.07. The Morgan fingerprint density at radius 3 is 2.69 bits per heavy atom. The molecule has 0 aliphatic rings. The first-order valence-corrected chi connectivity index (χ1v) is 6.39. The first-order chi connectivity index (χ1) is 7.72. The van der Waals surface area contributed by atoms with Gasteiger partial charge in [-0.05, 0) is 24.6 Å². The Hall–Kier alpha value is -1.16. The van der Waals surface area contributed by atoms with Gasteiger partial charge in [-0.1, -0.05) is 12.1 Å². The lowest BCUT2D eigenvalue weighted by molar-refractivity contribution is -0.142. The number of benzene rings is 1. The van der Waals surface area contributed by atoms with E-state index >= 15 is 0 Å². The summed E-state index contributed by atoms with van der Waals surface area (Å²) in [6.45, 7) is 2.25. The summed E-state index contributed by atoms with van der Waals surface area (Å²) in [7, 11) is 0. The van der Waals surface area contributed by atoms with E-state index in [0.717, 1.165) is 17.1 Å². The second-order valence-electron chi connectivity index (χ2n) is 3.27. The van der Waals surface area contributed by atoms with E-state index in [1.165, 1.54) is 0 Å². The topological polar surface area (TPSA) is 46.5 Å². The lowest BCUT2D eigenvalue weighted by atomic mass is 10.2. The summed E-state index contributed by atoms with van der Waals surface area (Å²) in [6.07, 6.45) is 0.455. The van der Waals surface area contributed by atoms with Crippen LogP contribution in [0.25, 0.3) is 0 Å². The van der Waals surface area contributed by atoms with Gasteiger partial charge in [-0.3, -0.25) is 4.79 Å². The molecule has 3 nitrogen and oxygen atoms in total. The number of phenols is 1. The van der Waals surface area contributed by atoms with Gasteiger partial charge in [0.1, 0.15) is 5.75 Å². The molecule has 0 atom stereocenters. The summed E-state index contributed by atoms with van der Waals surface area (Å²) in [5.41, 5.74) is 1.15. The van der Waals surface area contributed by atoms with Gasteiger partial charge in [-0.25, -0.2) is 0 Å². The molecule has 0 amide bonds. The minimum Gasteiger partial charge on any atom is -0.508 e. The number of carbonyl (C=O) groups excluding carboxylic acids is 1. The van der Waals surface area contributed by atoms with Crippen molar-refractivity contribution in [1.82, 2.24) is 0 Å². The van der Waals surface area contributed by atoms with Gasteiger partial charge in [0.2, 0.25) is 0 Å². The number of aromatic hydroxyl groups is 1. The molecule has 0 heterocycles. The molecule has 0 saturated carbocycles. The standard InChI is InChI=1S/C12H16O3S/c1-2-15-12(14)7-8-16-9-10-3-5-11(13)6-4-10/h3-6,13H,2,7-9H2,1H3. The van der Waals surface area contributed by atoms with Crippen LogP contribution in [0, 0.1) is 0 Å². The number of phenolic OH excluding ortho intramolecular Hbond substituents is 1. The maximum Gasteiger partial charge on any atom is 0.306 e. The molecule has 0 aliphatic heterocycles. The van der Waals surface area contributed by atoms with Gasteiger partial charge < -0.3 is 9.84 Å². The number of hydrogen-bond donors (Lipinski definition) is 1. The summed E-state index contributed by atoms with van der Waals surface area (Å²) in [6, 6.07) is 7.10. The van der Waals surface area contributed by atoms with Crippen LogP contribution in [-0.2, 0) is 15.3 Å². The molecule has 0 aliphatic carbocycles. The van der Waals surface area contributed by atoms with Gasteiger partial charge in [-0.15, -0.1) is 0 Å². The highest BCUT2D eigenvalue weighted by Gasteiger charge is 2.01. The van der Waals surface area contributed by atoms with Gasteiger partial charge >= 0.3 is 5.97 Å². The average Bonchev–Trinajstić information content (AvgIpc) is 2.27. The van der Waals surface area contributed by atoms with Crippen LogP contribution in [0.1, 0.15) is 18.9 Å². The van der Waals surface area contributed by atoms with Crippen molar-refractivity contribution in [3.8, 4) is 5.75 Å². The Balaban J connectivity index is 2.16. The van der Waals surface area contributed by atoms with Crippen molar-refractivity contribution in [3.05, 3.63) is 29.8 Å². The molecule has 16 heavy (non-hydrogen) atoms. The Bertz CT molecular complexity index is 322. The summed E-state index contributed by atoms with van der Waals surface area (Å²) in [4.78, 5) is 11.0. The van der Waals surface area contributed by atoms with Crippen LogP contribution in [-0.4, -0.2) is 23.4 Å². The third-order valence-electron chi connectivity index (χ3n) is 1.96. The Kier molecular flexibility index (Phi) is 5.78. The lowest BCUT2D eigenvalue weighted by Gasteiger charge is -2.02. The minimum absolute atomic E-state index is 0.138. The van der Waals surface area contributed by atoms with Crippen molar-refractivity contribution in [3.63, 3.8) is 0 Å². The second kappa shape index (κ2) is 7.17. The van der Waals surface area contributed by atoms with Crippen LogP contribution in [0.3, 0.4) is 0 Å². The maximum absolute atomic E-state index is 11.0. The first kappa shape index (κ1) is 12.9. The number of thioether (sulfide) groups is 1. The maximum atomic E-state index is 11.0. The van der Waals surface area contributed by atoms with E-state index in [1.54, 1.807) is 23.9 Å². The molecule has 1 aromatic rings. The van der Waals surface area contributed by atoms with Gasteiger partial charge in [0.25, 0.3) is 0 Å². The third-order valence-corrected chi connectivity index (χ3v) is 2.99. The Labute approximate surface area is 99.8 Å². The number of ether oxygens (including phenoxy) is 1. The average molecular weight is 240 g/mol. The fourth-order valence-corrected chi connectivity index (χ4v) is 2.05. The van der Waals surface area contributed by atoms with Gasteiger partial charge in [0.05, 0.1) is 13.0 Å². The Morgan fingerprint density at radius 1 is 1.38 bits per heavy atom. The Morgan fingerprint density at radius 2 is 2.06 bits per heavy atom. The molecule has 0 radical (unpaired) electrons. The van der Waals surface area contributed by atoms with E-state index in [4.69, 9.17) is 9.84 Å². The lowest BCUT2D eigenvalue weighted by Crippen LogP contribution is -2.04. The van der Waals surface area contributed by atoms with Crippen molar-refractivity contribution < 1.29 is 14.6 Å². The van der Waals surface area contributed by atoms with Gasteiger partial charge in [0, 0.05) is 11.5 Å². The number of rotatable bonds is 6. The number of hydrogen-bond acceptors (Lipinski definition) is 4. The van der Waals surface area contributed by atoms with Crippen LogP contribution in [0.2, 0.25) is 0 Å². The molecule has 4 heteroatoms. The quantitative estimate of drug-likeness (QED) is 0.613. The summed E-state index contributed by atoms with van der Waals surface area (Å²) in [5, 5.41) is 9.09. The summed E-state index contributed by atoms with van der Waals surface area (Å²) < 4.78 is 4.82. The fraction of sp³-hybridized carbons (Fsp3) is 0.417. The van der Waals surface area contributed by atoms with E-state index in [-0.39, 0.29) is 11.7 Å². The summed E-state index contributed by atoms with van der Waals surface area (Å²) in [5.74, 6) is 1.75. The van der Waals surface area contributed by atoms with E-state index in [2.05, 4.69) is 0 Å². The molecular weight excluding hydrogens is 224 g/mol. The van der Waals surface area contributed by atoms with Crippen molar-refractivity contribution in [1.29, 1.82) is 0 Å². The largest absolute Gasteiger partial charge is 0.508 e. The molecular formula is C12H16O3S. The van der Waals surface area contributed by atoms with Crippen molar-refractivity contribution in [2.24, 2.45) is 0 Å². The van der Waals surface area contributed by atoms with E-state index in [0.29, 0.717) is 13.0 Å². The second-order valence-corrected chi connectivity index (χ2v) is 4.38. The molecule has 1 aromatic carbocycles. The normalized spacial score (nSPS) is 10.1. The smallest absolute Gasteiger partial charge is 0.306 e. The van der Waals surface area contributed by atoms with Crippen molar-refractivity contribution in [2.75, 3.05) is 12.4 Å². The highest BCUT2D eigenvalue weighted by atomic mass is 32.2. The first-order valence-electron chi connectivity index (χ1n) is 5.23. The molecule has 0 spiro atoms. The minimum atomic E-state index is -0.138. The zero-order valence-corrected chi connectivity index (χ0v) is 10.1. The zero-order chi connectivity index (χ0) is 11.8. The number of carbonyl (C=O) groups is 1. The van der Waals surface area contributed by atoms with Crippen molar-refractivity contribution in [2.45, 2.75) is 19.1 Å². The molecule has 1 rings (SSSR count). The predicted octanol–water partition coefficient (Wildman–Crippen LogP) is 2.58. The molecule has 0 aromatic heterocycles. The van der Waals surface area contributed by atoms with E-state index in [1.807, 2.05) is 19.1 Å². The highest BCUT2D eigenvalue weighted by molar-refractivity contribution is 7.98. The molecule has 0 unspecified atom stereocenters. The molecule has 0 bridgehead atoms. The monoisotopic (exact) mass is 240 g/mol. The molecule has 0 saturated heterocycles. The molecule has 0 fully saturated rings. The van der Waals surface area contributed by atoms with Crippen LogP contribution in [0.5, 0.6) is 5.75 Å². The van der Waals surface area contributed by atoms with Gasteiger partial charge in [0.15, 0.2) is 0 Å². The number of esters is 1. The van der Waals surface area contributed by atoms with Crippen LogP contribution in [0.4, 0.5) is 0 Å². The fourth-order valence-electron chi connectivity index (χ4n) is 1.17. The SMILES string of the molecule is CCOC(=O)CCSCc1ccc(O)cc1. The summed E-state index contributed by atoms with van der Waals surface area (Å²) >= 11 is 1.68. The van der Waals surface area contributed by atoms with Crippen LogP contribution < -0.4 is 0 Å². The predicted molar refractivity (Wildman–Crippen MR) is 65.5 cm³/mol. The van der Waals surface area contributed by atoms with Crippen LogP contribution >= 0.6 is 11.8 Å². The molecule has 88 valence electrons. The van der Waals surface area contributed by atoms with Crippen LogP contribution in [0.15, 0.2) is 24.3 Å². The molecule has 1 N–H and O–H groups in total. The van der Waals surface area contributed by atoms with Crippen molar-refractivity contribution >= 4 is 17.7 Å². The zero-order valence-electron chi connectivity index (χ0n) is 9.31. The van der Waals surface area contributed by atoms with Gasteiger partial charge in [-0.2, -0.15) is 11.8 Å².